The van der Waals surface area contributed by atoms with Crippen molar-refractivity contribution in [2.45, 2.75) is 12.5 Å². The third-order valence-electron chi connectivity index (χ3n) is 2.17. The van der Waals surface area contributed by atoms with Crippen molar-refractivity contribution >= 4 is 12.0 Å². The molecule has 0 saturated carbocycles. The second kappa shape index (κ2) is 5.32. The molecule has 0 saturated heterocycles. The van der Waals surface area contributed by atoms with Crippen molar-refractivity contribution in [1.82, 2.24) is 0 Å². The maximum absolute atomic E-state index is 11.1. The van der Waals surface area contributed by atoms with Crippen molar-refractivity contribution in [2.24, 2.45) is 5.73 Å². The molecule has 0 heterocycles. The zero-order valence-electron chi connectivity index (χ0n) is 8.77. The van der Waals surface area contributed by atoms with Crippen molar-refractivity contribution in [2.75, 3.05) is 7.11 Å². The van der Waals surface area contributed by atoms with Crippen LogP contribution in [0.1, 0.15) is 11.1 Å². The van der Waals surface area contributed by atoms with E-state index in [1.165, 1.54) is 7.11 Å². The van der Waals surface area contributed by atoms with Gasteiger partial charge in [-0.05, 0) is 17.5 Å². The maximum Gasteiger partial charge on any atom is 0.322 e. The zero-order valence-corrected chi connectivity index (χ0v) is 8.77. The van der Waals surface area contributed by atoms with Gasteiger partial charge in [-0.1, -0.05) is 36.9 Å². The molecule has 1 rings (SSSR count). The lowest BCUT2D eigenvalue weighted by atomic mass is 10.0. The van der Waals surface area contributed by atoms with Gasteiger partial charge in [-0.2, -0.15) is 0 Å². The summed E-state index contributed by atoms with van der Waals surface area (Å²) in [6.45, 7) is 3.66. The molecule has 0 aliphatic carbocycles. The van der Waals surface area contributed by atoms with E-state index in [4.69, 9.17) is 5.73 Å². The smallest absolute Gasteiger partial charge is 0.322 e. The topological polar surface area (TPSA) is 52.3 Å². The average molecular weight is 205 g/mol. The molecule has 0 fully saturated rings. The molecule has 1 atom stereocenters. The van der Waals surface area contributed by atoms with Crippen LogP contribution in [0.3, 0.4) is 0 Å². The van der Waals surface area contributed by atoms with Crippen LogP contribution >= 0.6 is 0 Å². The highest BCUT2D eigenvalue weighted by atomic mass is 16.5. The standard InChI is InChI=1S/C12H15NO2/c1-3-9-4-6-10(7-5-9)8-11(13)12(14)15-2/h3-7,11H,1,8,13H2,2H3/t11-/m0/s1. The number of carbonyl (C=O) groups is 1. The summed E-state index contributed by atoms with van der Waals surface area (Å²) in [4.78, 5) is 11.1. The zero-order chi connectivity index (χ0) is 11.3. The van der Waals surface area contributed by atoms with Crippen molar-refractivity contribution < 1.29 is 9.53 Å². The quantitative estimate of drug-likeness (QED) is 0.755. The van der Waals surface area contributed by atoms with Gasteiger partial charge in [0, 0.05) is 0 Å². The summed E-state index contributed by atoms with van der Waals surface area (Å²) in [5, 5.41) is 0. The second-order valence-corrected chi connectivity index (χ2v) is 3.28. The largest absolute Gasteiger partial charge is 0.468 e. The molecule has 0 spiro atoms. The van der Waals surface area contributed by atoms with Crippen LogP contribution in [0.2, 0.25) is 0 Å². The van der Waals surface area contributed by atoms with Crippen LogP contribution in [0, 0.1) is 0 Å². The summed E-state index contributed by atoms with van der Waals surface area (Å²) in [6, 6.07) is 7.14. The first kappa shape index (κ1) is 11.5. The van der Waals surface area contributed by atoms with E-state index in [1.54, 1.807) is 6.08 Å². The highest BCUT2D eigenvalue weighted by molar-refractivity contribution is 5.75. The van der Waals surface area contributed by atoms with Gasteiger partial charge in [-0.3, -0.25) is 4.79 Å². The molecule has 0 unspecified atom stereocenters. The Morgan fingerprint density at radius 2 is 2.13 bits per heavy atom. The first-order chi connectivity index (χ1) is 7.17. The Morgan fingerprint density at radius 3 is 2.60 bits per heavy atom. The number of carbonyl (C=O) groups excluding carboxylic acids is 1. The number of esters is 1. The summed E-state index contributed by atoms with van der Waals surface area (Å²) in [6.07, 6.45) is 2.26. The first-order valence-electron chi connectivity index (χ1n) is 4.72. The molecule has 0 aromatic heterocycles. The van der Waals surface area contributed by atoms with Gasteiger partial charge in [0.15, 0.2) is 0 Å². The Hall–Kier alpha value is -1.61. The molecule has 1 aromatic carbocycles. The number of hydrogen-bond acceptors (Lipinski definition) is 3. The fraction of sp³-hybridized carbons (Fsp3) is 0.250. The molecule has 0 radical (unpaired) electrons. The molecule has 2 N–H and O–H groups in total. The van der Waals surface area contributed by atoms with E-state index in [1.807, 2.05) is 24.3 Å². The van der Waals surface area contributed by atoms with Gasteiger partial charge in [0.05, 0.1) is 7.11 Å². The first-order valence-corrected chi connectivity index (χ1v) is 4.72. The number of hydrogen-bond donors (Lipinski definition) is 1. The van der Waals surface area contributed by atoms with Crippen molar-refractivity contribution in [3.63, 3.8) is 0 Å². The summed E-state index contributed by atoms with van der Waals surface area (Å²) in [5.74, 6) is -0.386. The molecule has 0 aliphatic rings. The van der Waals surface area contributed by atoms with Crippen LogP contribution in [0.5, 0.6) is 0 Å². The minimum atomic E-state index is -0.593. The monoisotopic (exact) mass is 205 g/mol. The van der Waals surface area contributed by atoms with Crippen LogP contribution in [-0.2, 0) is 16.0 Å². The molecule has 3 nitrogen and oxygen atoms in total. The van der Waals surface area contributed by atoms with Gasteiger partial charge in [0.2, 0.25) is 0 Å². The van der Waals surface area contributed by atoms with Gasteiger partial charge in [0.25, 0.3) is 0 Å². The molecule has 0 aliphatic heterocycles. The molecule has 0 amide bonds. The van der Waals surface area contributed by atoms with Crippen molar-refractivity contribution in [3.8, 4) is 0 Å². The normalized spacial score (nSPS) is 11.9. The van der Waals surface area contributed by atoms with E-state index in [0.717, 1.165) is 11.1 Å². The van der Waals surface area contributed by atoms with Crippen LogP contribution in [0.25, 0.3) is 6.08 Å². The molecular formula is C12H15NO2. The van der Waals surface area contributed by atoms with Gasteiger partial charge in [0.1, 0.15) is 6.04 Å². The number of benzene rings is 1. The predicted molar refractivity (Wildman–Crippen MR) is 60.2 cm³/mol. The van der Waals surface area contributed by atoms with E-state index in [0.29, 0.717) is 6.42 Å². The molecule has 3 heteroatoms. The third kappa shape index (κ3) is 3.22. The summed E-state index contributed by atoms with van der Waals surface area (Å²) in [7, 11) is 1.34. The van der Waals surface area contributed by atoms with E-state index >= 15 is 0 Å². The SMILES string of the molecule is C=Cc1ccc(C[C@H](N)C(=O)OC)cc1. The van der Waals surface area contributed by atoms with Gasteiger partial charge >= 0.3 is 5.97 Å². The van der Waals surface area contributed by atoms with E-state index < -0.39 is 6.04 Å². The highest BCUT2D eigenvalue weighted by Gasteiger charge is 2.13. The van der Waals surface area contributed by atoms with Crippen LogP contribution in [0.15, 0.2) is 30.8 Å². The number of rotatable bonds is 4. The highest BCUT2D eigenvalue weighted by Crippen LogP contribution is 2.07. The lowest BCUT2D eigenvalue weighted by molar-refractivity contribution is -0.142. The van der Waals surface area contributed by atoms with Crippen molar-refractivity contribution in [1.29, 1.82) is 0 Å². The number of methoxy groups -OCH3 is 1. The Kier molecular flexibility index (Phi) is 4.06. The Labute approximate surface area is 89.5 Å². The van der Waals surface area contributed by atoms with E-state index in [-0.39, 0.29) is 5.97 Å². The van der Waals surface area contributed by atoms with Gasteiger partial charge in [-0.25, -0.2) is 0 Å². The maximum atomic E-state index is 11.1. The van der Waals surface area contributed by atoms with Crippen LogP contribution < -0.4 is 5.73 Å². The van der Waals surface area contributed by atoms with Crippen molar-refractivity contribution in [3.05, 3.63) is 42.0 Å². The fourth-order valence-corrected chi connectivity index (χ4v) is 1.28. The van der Waals surface area contributed by atoms with E-state index in [2.05, 4.69) is 11.3 Å². The predicted octanol–water partition coefficient (Wildman–Crippen LogP) is 1.37. The second-order valence-electron chi connectivity index (χ2n) is 3.28. The molecule has 0 bridgehead atoms. The van der Waals surface area contributed by atoms with Gasteiger partial charge < -0.3 is 10.5 Å². The fourth-order valence-electron chi connectivity index (χ4n) is 1.28. The molecule has 15 heavy (non-hydrogen) atoms. The Bertz CT molecular complexity index is 343. The lowest BCUT2D eigenvalue weighted by Gasteiger charge is -2.08. The lowest BCUT2D eigenvalue weighted by Crippen LogP contribution is -2.33. The van der Waals surface area contributed by atoms with Crippen LogP contribution in [-0.4, -0.2) is 19.1 Å². The molecule has 80 valence electrons. The minimum Gasteiger partial charge on any atom is -0.468 e. The van der Waals surface area contributed by atoms with Gasteiger partial charge in [-0.15, -0.1) is 0 Å². The minimum absolute atomic E-state index is 0.386. The Morgan fingerprint density at radius 1 is 1.53 bits per heavy atom. The molecular weight excluding hydrogens is 190 g/mol. The average Bonchev–Trinajstić information content (AvgIpc) is 2.29. The van der Waals surface area contributed by atoms with Crippen LogP contribution in [0.4, 0.5) is 0 Å². The number of ether oxygens (including phenoxy) is 1. The number of nitrogens with two attached hydrogens (primary N) is 1. The molecule has 1 aromatic rings. The summed E-state index contributed by atoms with van der Waals surface area (Å²) in [5.41, 5.74) is 7.69. The summed E-state index contributed by atoms with van der Waals surface area (Å²) >= 11 is 0. The van der Waals surface area contributed by atoms with E-state index in [9.17, 15) is 4.79 Å². The summed E-state index contributed by atoms with van der Waals surface area (Å²) < 4.78 is 4.55. The third-order valence-corrected chi connectivity index (χ3v) is 2.17. The Balaban J connectivity index is 2.64.